The molecule has 2 aromatic heterocycles. The summed E-state index contributed by atoms with van der Waals surface area (Å²) < 4.78 is 10.9. The van der Waals surface area contributed by atoms with E-state index in [0.717, 1.165) is 22.4 Å². The van der Waals surface area contributed by atoms with Crippen LogP contribution in [0.25, 0.3) is 5.65 Å². The van der Waals surface area contributed by atoms with E-state index >= 15 is 0 Å². The van der Waals surface area contributed by atoms with Gasteiger partial charge in [-0.2, -0.15) is 0 Å². The third-order valence-corrected chi connectivity index (χ3v) is 6.28. The van der Waals surface area contributed by atoms with Crippen molar-refractivity contribution in [1.29, 1.82) is 0 Å². The SMILES string of the molecule is C.COC(=O)c1ccc(CN)cc1.C[C@@H](NC(=O)c1cc(C(=O)O)n2cnc(C(N)=O)c2n1)c1ccc2c(c1)NC(=O)CO2. The highest BCUT2D eigenvalue weighted by Crippen LogP contribution is 2.30. The van der Waals surface area contributed by atoms with E-state index in [1.165, 1.54) is 7.11 Å². The number of rotatable bonds is 7. The van der Waals surface area contributed by atoms with Gasteiger partial charge < -0.3 is 36.7 Å². The number of nitrogens with zero attached hydrogens (tertiary/aromatic N) is 3. The average Bonchev–Trinajstić information content (AvgIpc) is 3.44. The Bertz CT molecular complexity index is 1730. The lowest BCUT2D eigenvalue weighted by molar-refractivity contribution is -0.118. The molecule has 1 aliphatic heterocycles. The maximum absolute atomic E-state index is 12.8. The zero-order valence-corrected chi connectivity index (χ0v) is 23.0. The molecule has 0 saturated carbocycles. The first-order chi connectivity index (χ1) is 20.5. The average molecular weight is 606 g/mol. The van der Waals surface area contributed by atoms with Crippen LogP contribution in [0, 0.1) is 0 Å². The van der Waals surface area contributed by atoms with Crippen LogP contribution in [0.5, 0.6) is 5.75 Å². The lowest BCUT2D eigenvalue weighted by Crippen LogP contribution is -2.29. The van der Waals surface area contributed by atoms with Crippen molar-refractivity contribution in [3.8, 4) is 5.75 Å². The van der Waals surface area contributed by atoms with E-state index in [2.05, 4.69) is 25.3 Å². The number of carboxylic acid groups (broad SMARTS) is 1. The highest BCUT2D eigenvalue weighted by molar-refractivity contribution is 6.00. The Morgan fingerprint density at radius 2 is 1.86 bits per heavy atom. The highest BCUT2D eigenvalue weighted by atomic mass is 16.5. The summed E-state index contributed by atoms with van der Waals surface area (Å²) in [6.45, 7) is 2.12. The Morgan fingerprint density at radius 1 is 1.16 bits per heavy atom. The molecular weight excluding hydrogens is 574 g/mol. The van der Waals surface area contributed by atoms with Crippen molar-refractivity contribution < 1.29 is 38.6 Å². The molecule has 0 fully saturated rings. The van der Waals surface area contributed by atoms with Crippen molar-refractivity contribution in [3.05, 3.63) is 88.6 Å². The van der Waals surface area contributed by atoms with Gasteiger partial charge >= 0.3 is 11.9 Å². The van der Waals surface area contributed by atoms with Crippen molar-refractivity contribution >= 4 is 41.0 Å². The van der Waals surface area contributed by atoms with Gasteiger partial charge in [-0.15, -0.1) is 0 Å². The molecule has 1 atom stereocenters. The summed E-state index contributed by atoms with van der Waals surface area (Å²) in [7, 11) is 1.36. The molecule has 7 N–H and O–H groups in total. The molecule has 15 nitrogen and oxygen atoms in total. The van der Waals surface area contributed by atoms with Crippen LogP contribution in [0.2, 0.25) is 0 Å². The molecule has 0 unspecified atom stereocenters. The van der Waals surface area contributed by atoms with Gasteiger partial charge in [0.05, 0.1) is 24.4 Å². The molecule has 1 aliphatic rings. The van der Waals surface area contributed by atoms with Gasteiger partial charge in [0.1, 0.15) is 23.5 Å². The van der Waals surface area contributed by atoms with Crippen molar-refractivity contribution in [1.82, 2.24) is 19.7 Å². The number of benzene rings is 2. The Labute approximate surface area is 251 Å². The van der Waals surface area contributed by atoms with E-state index in [1.807, 2.05) is 12.1 Å². The minimum Gasteiger partial charge on any atom is -0.482 e. The van der Waals surface area contributed by atoms with E-state index < -0.39 is 23.8 Å². The molecule has 230 valence electrons. The smallest absolute Gasteiger partial charge is 0.353 e. The third kappa shape index (κ3) is 7.14. The van der Waals surface area contributed by atoms with Crippen LogP contribution in [-0.4, -0.2) is 62.9 Å². The lowest BCUT2D eigenvalue weighted by Gasteiger charge is -2.21. The number of esters is 1. The third-order valence-electron chi connectivity index (χ3n) is 6.28. The molecule has 2 aromatic carbocycles. The summed E-state index contributed by atoms with van der Waals surface area (Å²) in [5, 5.41) is 14.9. The Hall–Kier alpha value is -5.83. The van der Waals surface area contributed by atoms with Crippen LogP contribution in [0.1, 0.15) is 73.3 Å². The monoisotopic (exact) mass is 605 g/mol. The quantitative estimate of drug-likeness (QED) is 0.191. The molecule has 0 radical (unpaired) electrons. The topological polar surface area (TPSA) is 230 Å². The molecule has 0 aliphatic carbocycles. The number of methoxy groups -OCH3 is 1. The maximum Gasteiger partial charge on any atom is 0.353 e. The molecule has 0 saturated heterocycles. The Balaban J connectivity index is 0.000000344. The predicted molar refractivity (Wildman–Crippen MR) is 157 cm³/mol. The number of amides is 3. The van der Waals surface area contributed by atoms with Crippen LogP contribution in [0.15, 0.2) is 54.9 Å². The number of anilines is 1. The number of fused-ring (bicyclic) bond motifs is 2. The molecule has 44 heavy (non-hydrogen) atoms. The molecule has 4 aromatic rings. The van der Waals surface area contributed by atoms with Crippen molar-refractivity contribution in [2.45, 2.75) is 26.9 Å². The van der Waals surface area contributed by atoms with Crippen molar-refractivity contribution in [2.24, 2.45) is 11.5 Å². The van der Waals surface area contributed by atoms with E-state index in [1.54, 1.807) is 37.3 Å². The van der Waals surface area contributed by atoms with E-state index in [0.29, 0.717) is 29.1 Å². The fraction of sp³-hybridized carbons (Fsp3) is 0.207. The number of aromatic carboxylic acids is 1. The van der Waals surface area contributed by atoms with Gasteiger partial charge in [0.2, 0.25) is 0 Å². The normalized spacial score (nSPS) is 12.2. The van der Waals surface area contributed by atoms with E-state index in [4.69, 9.17) is 16.2 Å². The van der Waals surface area contributed by atoms with Gasteiger partial charge in [-0.3, -0.25) is 18.8 Å². The minimum atomic E-state index is -1.34. The number of carboxylic acids is 1. The first kappa shape index (κ1) is 32.7. The summed E-state index contributed by atoms with van der Waals surface area (Å²) in [6.07, 6.45) is 1.10. The number of primary amides is 1. The van der Waals surface area contributed by atoms with Gasteiger partial charge in [-0.25, -0.2) is 19.6 Å². The van der Waals surface area contributed by atoms with E-state index in [9.17, 15) is 29.1 Å². The fourth-order valence-electron chi connectivity index (χ4n) is 4.04. The molecule has 3 heterocycles. The highest BCUT2D eigenvalue weighted by Gasteiger charge is 2.23. The standard InChI is InChI=1S/C19H16N6O6.C9H11NO2.CH4/c1-8(9-2-3-13-10(4-9)23-14(26)6-31-13)22-18(28)11-5-12(19(29)30)25-7-21-15(16(20)27)17(25)24-11;1-12-9(11)8-4-2-7(6-10)3-5-8;/h2-5,7-8H,6H2,1H3,(H2,20,27)(H,22,28)(H,23,26)(H,29,30);2-5H,6,10H2,1H3;1H4/t8-;;/m1../s1. The fourth-order valence-corrected chi connectivity index (χ4v) is 4.04. The molecule has 0 spiro atoms. The number of carbonyl (C=O) groups excluding carboxylic acids is 4. The second kappa shape index (κ2) is 13.9. The van der Waals surface area contributed by atoms with Gasteiger partial charge in [-0.05, 0) is 42.3 Å². The number of hydrogen-bond donors (Lipinski definition) is 5. The zero-order valence-electron chi connectivity index (χ0n) is 23.0. The Kier molecular flexibility index (Phi) is 10.3. The van der Waals surface area contributed by atoms with Crippen LogP contribution in [0.4, 0.5) is 5.69 Å². The molecule has 0 bridgehead atoms. The predicted octanol–water partition coefficient (Wildman–Crippen LogP) is 1.92. The van der Waals surface area contributed by atoms with Gasteiger partial charge in [0.15, 0.2) is 17.9 Å². The lowest BCUT2D eigenvalue weighted by atomic mass is 10.1. The first-order valence-electron chi connectivity index (χ1n) is 12.7. The summed E-state index contributed by atoms with van der Waals surface area (Å²) >= 11 is 0. The number of carbonyl (C=O) groups is 5. The number of imidazole rings is 1. The largest absolute Gasteiger partial charge is 0.482 e. The van der Waals surface area contributed by atoms with Gasteiger partial charge in [0, 0.05) is 12.6 Å². The second-order valence-corrected chi connectivity index (χ2v) is 9.16. The maximum atomic E-state index is 12.8. The van der Waals surface area contributed by atoms with E-state index in [-0.39, 0.29) is 48.6 Å². The zero-order chi connectivity index (χ0) is 31.3. The summed E-state index contributed by atoms with van der Waals surface area (Å²) in [6, 6.07) is 12.6. The van der Waals surface area contributed by atoms with Crippen LogP contribution in [-0.2, 0) is 16.1 Å². The molecular formula is C29H31N7O8. The van der Waals surface area contributed by atoms with Crippen LogP contribution < -0.4 is 26.8 Å². The van der Waals surface area contributed by atoms with Gasteiger partial charge in [-0.1, -0.05) is 25.6 Å². The molecule has 15 heteroatoms. The second-order valence-electron chi connectivity index (χ2n) is 9.16. The number of hydrogen-bond acceptors (Lipinski definition) is 10. The summed E-state index contributed by atoms with van der Waals surface area (Å²) in [5.74, 6) is -3.01. The van der Waals surface area contributed by atoms with Crippen LogP contribution >= 0.6 is 0 Å². The van der Waals surface area contributed by atoms with Gasteiger partial charge in [0.25, 0.3) is 17.7 Å². The summed E-state index contributed by atoms with van der Waals surface area (Å²) in [4.78, 5) is 66.3. The first-order valence-corrected chi connectivity index (χ1v) is 12.7. The number of aromatic nitrogens is 3. The van der Waals surface area contributed by atoms with Crippen molar-refractivity contribution in [2.75, 3.05) is 19.0 Å². The van der Waals surface area contributed by atoms with Crippen molar-refractivity contribution in [3.63, 3.8) is 0 Å². The van der Waals surface area contributed by atoms with Crippen LogP contribution in [0.3, 0.4) is 0 Å². The molecule has 3 amide bonds. The number of ether oxygens (including phenoxy) is 2. The Morgan fingerprint density at radius 3 is 2.48 bits per heavy atom. The number of nitrogens with one attached hydrogen (secondary N) is 2. The summed E-state index contributed by atoms with van der Waals surface area (Å²) in [5.41, 5.74) is 12.4. The number of nitrogens with two attached hydrogens (primary N) is 2. The minimum absolute atomic E-state index is 0. The molecule has 5 rings (SSSR count).